The van der Waals surface area contributed by atoms with Crippen LogP contribution in [0.2, 0.25) is 0 Å². The highest BCUT2D eigenvalue weighted by Gasteiger charge is 2.14. The lowest BCUT2D eigenvalue weighted by molar-refractivity contribution is 0.581. The number of rotatable bonds is 7. The van der Waals surface area contributed by atoms with Gasteiger partial charge >= 0.3 is 0 Å². The maximum absolute atomic E-state index is 12.3. The Kier molecular flexibility index (Phi) is 5.11. The van der Waals surface area contributed by atoms with E-state index in [4.69, 9.17) is 0 Å². The van der Waals surface area contributed by atoms with Gasteiger partial charge in [-0.3, -0.25) is 4.68 Å². The number of aromatic nitrogens is 2. The molecule has 0 atom stereocenters. The van der Waals surface area contributed by atoms with E-state index >= 15 is 0 Å². The van der Waals surface area contributed by atoms with E-state index in [1.54, 1.807) is 42.3 Å². The van der Waals surface area contributed by atoms with E-state index in [0.29, 0.717) is 6.54 Å². The summed E-state index contributed by atoms with van der Waals surface area (Å²) < 4.78 is 28.8. The first-order valence-corrected chi connectivity index (χ1v) is 8.26. The summed E-state index contributed by atoms with van der Waals surface area (Å²) in [6.45, 7) is 3.74. The average molecular weight is 308 g/mol. The third-order valence-electron chi connectivity index (χ3n) is 3.01. The molecule has 2 aromatic rings. The van der Waals surface area contributed by atoms with Crippen molar-refractivity contribution in [2.45, 2.75) is 24.9 Å². The fourth-order valence-corrected chi connectivity index (χ4v) is 3.00. The van der Waals surface area contributed by atoms with Gasteiger partial charge in [-0.1, -0.05) is 19.1 Å². The Bertz CT molecular complexity index is 695. The summed E-state index contributed by atoms with van der Waals surface area (Å²) in [5.41, 5.74) is 1.77. The van der Waals surface area contributed by atoms with Crippen LogP contribution < -0.4 is 10.0 Å². The molecule has 2 rings (SSSR count). The predicted octanol–water partition coefficient (Wildman–Crippen LogP) is 1.01. The number of hydrogen-bond donors (Lipinski definition) is 2. The van der Waals surface area contributed by atoms with E-state index in [1.807, 2.05) is 13.0 Å². The topological polar surface area (TPSA) is 76.0 Å². The largest absolute Gasteiger partial charge is 0.313 e. The van der Waals surface area contributed by atoms with Crippen LogP contribution in [0.3, 0.4) is 0 Å². The number of benzene rings is 1. The van der Waals surface area contributed by atoms with Crippen LogP contribution in [0.25, 0.3) is 0 Å². The van der Waals surface area contributed by atoms with E-state index in [-0.39, 0.29) is 11.4 Å². The first kappa shape index (κ1) is 15.7. The zero-order valence-electron chi connectivity index (χ0n) is 12.2. The molecule has 0 aliphatic carbocycles. The number of nitrogens with one attached hydrogen (secondary N) is 2. The quantitative estimate of drug-likeness (QED) is 0.800. The Hall–Kier alpha value is -1.70. The van der Waals surface area contributed by atoms with Crippen LogP contribution in [0, 0.1) is 0 Å². The molecule has 0 spiro atoms. The molecule has 1 heterocycles. The van der Waals surface area contributed by atoms with E-state index in [2.05, 4.69) is 15.1 Å². The van der Waals surface area contributed by atoms with Crippen molar-refractivity contribution in [1.82, 2.24) is 19.8 Å². The summed E-state index contributed by atoms with van der Waals surface area (Å²) in [5.74, 6) is 0. The molecule has 0 aliphatic rings. The zero-order valence-corrected chi connectivity index (χ0v) is 13.0. The van der Waals surface area contributed by atoms with E-state index in [9.17, 15) is 8.42 Å². The van der Waals surface area contributed by atoms with Gasteiger partial charge in [0.05, 0.1) is 11.1 Å². The van der Waals surface area contributed by atoms with Crippen molar-refractivity contribution in [1.29, 1.82) is 0 Å². The van der Waals surface area contributed by atoms with Gasteiger partial charge in [-0.2, -0.15) is 5.10 Å². The second kappa shape index (κ2) is 6.84. The third kappa shape index (κ3) is 4.38. The van der Waals surface area contributed by atoms with Crippen LogP contribution in [0.15, 0.2) is 41.6 Å². The van der Waals surface area contributed by atoms with Crippen molar-refractivity contribution in [2.75, 3.05) is 6.54 Å². The molecule has 0 fully saturated rings. The van der Waals surface area contributed by atoms with Gasteiger partial charge in [-0.15, -0.1) is 0 Å². The Labute approximate surface area is 125 Å². The average Bonchev–Trinajstić information content (AvgIpc) is 2.89. The van der Waals surface area contributed by atoms with Crippen LogP contribution in [-0.4, -0.2) is 24.7 Å². The molecule has 1 aromatic carbocycles. The monoisotopic (exact) mass is 308 g/mol. The normalized spacial score (nSPS) is 11.7. The van der Waals surface area contributed by atoms with Gasteiger partial charge in [0, 0.05) is 31.9 Å². The van der Waals surface area contributed by atoms with Gasteiger partial charge in [0.15, 0.2) is 0 Å². The Morgan fingerprint density at radius 3 is 2.71 bits per heavy atom. The molecule has 0 radical (unpaired) electrons. The number of sulfonamides is 1. The van der Waals surface area contributed by atoms with Crippen LogP contribution in [0.1, 0.15) is 18.1 Å². The summed E-state index contributed by atoms with van der Waals surface area (Å²) in [7, 11) is -1.72. The van der Waals surface area contributed by atoms with Gasteiger partial charge < -0.3 is 5.32 Å². The highest BCUT2D eigenvalue weighted by Crippen LogP contribution is 2.12. The minimum Gasteiger partial charge on any atom is -0.313 e. The second-order valence-electron chi connectivity index (χ2n) is 4.77. The van der Waals surface area contributed by atoms with Crippen LogP contribution in [0.5, 0.6) is 0 Å². The summed E-state index contributed by atoms with van der Waals surface area (Å²) in [6, 6.07) is 6.95. The molecule has 114 valence electrons. The molecule has 0 amide bonds. The summed E-state index contributed by atoms with van der Waals surface area (Å²) >= 11 is 0. The molecule has 0 aliphatic heterocycles. The maximum Gasteiger partial charge on any atom is 0.240 e. The van der Waals surface area contributed by atoms with Crippen molar-refractivity contribution in [3.05, 3.63) is 47.8 Å². The fraction of sp³-hybridized carbons (Fsp3) is 0.357. The lowest BCUT2D eigenvalue weighted by atomic mass is 10.2. The molecular formula is C14H20N4O2S. The molecule has 0 saturated carbocycles. The zero-order chi connectivity index (χ0) is 15.3. The van der Waals surface area contributed by atoms with Crippen molar-refractivity contribution in [3.63, 3.8) is 0 Å². The molecule has 0 unspecified atom stereocenters. The highest BCUT2D eigenvalue weighted by atomic mass is 32.2. The molecule has 2 N–H and O–H groups in total. The van der Waals surface area contributed by atoms with Gasteiger partial charge in [0.1, 0.15) is 0 Å². The molecule has 7 heteroatoms. The maximum atomic E-state index is 12.3. The smallest absolute Gasteiger partial charge is 0.240 e. The first-order valence-electron chi connectivity index (χ1n) is 6.78. The Morgan fingerprint density at radius 1 is 1.24 bits per heavy atom. The third-order valence-corrected chi connectivity index (χ3v) is 4.41. The van der Waals surface area contributed by atoms with Gasteiger partial charge in [-0.25, -0.2) is 13.1 Å². The molecule has 0 bridgehead atoms. The van der Waals surface area contributed by atoms with Gasteiger partial charge in [-0.05, 0) is 24.2 Å². The van der Waals surface area contributed by atoms with Crippen molar-refractivity contribution >= 4 is 10.0 Å². The summed E-state index contributed by atoms with van der Waals surface area (Å²) in [4.78, 5) is 0.279. The van der Waals surface area contributed by atoms with E-state index in [1.165, 1.54) is 0 Å². The SMILES string of the molecule is CCNCc1cccc(S(=O)(=O)NCc2cnn(C)c2)c1. The minimum absolute atomic E-state index is 0.230. The summed E-state index contributed by atoms with van der Waals surface area (Å²) in [6.07, 6.45) is 3.42. The molecule has 0 saturated heterocycles. The standard InChI is InChI=1S/C14H20N4O2S/c1-3-15-8-12-5-4-6-14(7-12)21(19,20)17-10-13-9-16-18(2)11-13/h4-7,9,11,15,17H,3,8,10H2,1-2H3. The van der Waals surface area contributed by atoms with Crippen LogP contribution in [-0.2, 0) is 30.2 Å². The molecule has 6 nitrogen and oxygen atoms in total. The molecular weight excluding hydrogens is 288 g/mol. The van der Waals surface area contributed by atoms with E-state index in [0.717, 1.165) is 17.7 Å². The van der Waals surface area contributed by atoms with E-state index < -0.39 is 10.0 Å². The second-order valence-corrected chi connectivity index (χ2v) is 6.54. The first-order chi connectivity index (χ1) is 10.0. The van der Waals surface area contributed by atoms with Gasteiger partial charge in [0.2, 0.25) is 10.0 Å². The van der Waals surface area contributed by atoms with Crippen molar-refractivity contribution in [2.24, 2.45) is 7.05 Å². The van der Waals surface area contributed by atoms with Gasteiger partial charge in [0.25, 0.3) is 0 Å². The highest BCUT2D eigenvalue weighted by molar-refractivity contribution is 7.89. The van der Waals surface area contributed by atoms with Crippen molar-refractivity contribution in [3.8, 4) is 0 Å². The molecule has 1 aromatic heterocycles. The lowest BCUT2D eigenvalue weighted by Crippen LogP contribution is -2.23. The molecule has 21 heavy (non-hydrogen) atoms. The number of aryl methyl sites for hydroxylation is 1. The predicted molar refractivity (Wildman–Crippen MR) is 81.1 cm³/mol. The number of hydrogen-bond acceptors (Lipinski definition) is 4. The lowest BCUT2D eigenvalue weighted by Gasteiger charge is -2.08. The fourth-order valence-electron chi connectivity index (χ4n) is 1.92. The Balaban J connectivity index is 2.08. The summed E-state index contributed by atoms with van der Waals surface area (Å²) in [5, 5.41) is 7.19. The van der Waals surface area contributed by atoms with Crippen LogP contribution >= 0.6 is 0 Å². The minimum atomic E-state index is -3.51. The van der Waals surface area contributed by atoms with Crippen molar-refractivity contribution < 1.29 is 8.42 Å². The Morgan fingerprint density at radius 2 is 2.05 bits per heavy atom. The number of nitrogens with zero attached hydrogens (tertiary/aromatic N) is 2. The van der Waals surface area contributed by atoms with Crippen LogP contribution in [0.4, 0.5) is 0 Å².